The van der Waals surface area contributed by atoms with Crippen molar-refractivity contribution in [2.75, 3.05) is 11.9 Å². The van der Waals surface area contributed by atoms with Crippen LogP contribution >= 0.6 is 0 Å². The predicted octanol–water partition coefficient (Wildman–Crippen LogP) is 2.59. The third-order valence-electron chi connectivity index (χ3n) is 4.06. The van der Waals surface area contributed by atoms with Gasteiger partial charge in [0.25, 0.3) is 0 Å². The molecule has 0 radical (unpaired) electrons. The summed E-state index contributed by atoms with van der Waals surface area (Å²) in [6, 6.07) is 5.57. The van der Waals surface area contributed by atoms with Crippen LogP contribution in [0.15, 0.2) is 18.2 Å². The van der Waals surface area contributed by atoms with Crippen LogP contribution in [0.3, 0.4) is 0 Å². The highest BCUT2D eigenvalue weighted by Crippen LogP contribution is 2.39. The molecule has 1 aromatic rings. The maximum atomic E-state index is 12.0. The van der Waals surface area contributed by atoms with Gasteiger partial charge in [-0.3, -0.25) is 0 Å². The van der Waals surface area contributed by atoms with Gasteiger partial charge < -0.3 is 15.7 Å². The summed E-state index contributed by atoms with van der Waals surface area (Å²) in [4.78, 5) is 12.0. The largest absolute Gasteiger partial charge is 0.394 e. The topological polar surface area (TPSA) is 61.4 Å². The van der Waals surface area contributed by atoms with Crippen LogP contribution in [0.1, 0.15) is 30.9 Å². The third-order valence-corrected chi connectivity index (χ3v) is 4.06. The van der Waals surface area contributed by atoms with E-state index in [-0.39, 0.29) is 12.6 Å². The van der Waals surface area contributed by atoms with Crippen molar-refractivity contribution < 1.29 is 9.90 Å². The van der Waals surface area contributed by atoms with E-state index in [9.17, 15) is 9.90 Å². The molecule has 1 fully saturated rings. The van der Waals surface area contributed by atoms with Gasteiger partial charge in [-0.25, -0.2) is 4.79 Å². The lowest BCUT2D eigenvalue weighted by Gasteiger charge is -2.29. The molecule has 1 saturated carbocycles. The maximum Gasteiger partial charge on any atom is 0.319 e. The van der Waals surface area contributed by atoms with E-state index < -0.39 is 5.54 Å². The number of carbonyl (C=O) groups excluding carboxylic acids is 1. The van der Waals surface area contributed by atoms with E-state index in [0.29, 0.717) is 5.92 Å². The first kappa shape index (κ1) is 13.9. The highest BCUT2D eigenvalue weighted by Gasteiger charge is 2.42. The lowest BCUT2D eigenvalue weighted by atomic mass is 9.97. The number of hydrogen-bond acceptors (Lipinski definition) is 2. The molecular weight excluding hydrogens is 240 g/mol. The zero-order valence-electron chi connectivity index (χ0n) is 11.8. The van der Waals surface area contributed by atoms with Crippen molar-refractivity contribution in [1.82, 2.24) is 5.32 Å². The zero-order chi connectivity index (χ0) is 14.0. The minimum absolute atomic E-state index is 0.0299. The number of carbonyl (C=O) groups is 1. The Labute approximate surface area is 114 Å². The molecule has 0 heterocycles. The van der Waals surface area contributed by atoms with E-state index in [1.165, 1.54) is 0 Å². The second-order valence-corrected chi connectivity index (χ2v) is 5.68. The average Bonchev–Trinajstić information content (AvgIpc) is 3.19. The first-order valence-corrected chi connectivity index (χ1v) is 6.72. The highest BCUT2D eigenvalue weighted by molar-refractivity contribution is 5.90. The summed E-state index contributed by atoms with van der Waals surface area (Å²) >= 11 is 0. The molecule has 19 heavy (non-hydrogen) atoms. The first-order valence-electron chi connectivity index (χ1n) is 6.72. The van der Waals surface area contributed by atoms with E-state index >= 15 is 0 Å². The van der Waals surface area contributed by atoms with Gasteiger partial charge in [0.1, 0.15) is 0 Å². The van der Waals surface area contributed by atoms with Crippen molar-refractivity contribution in [2.24, 2.45) is 5.92 Å². The van der Waals surface area contributed by atoms with E-state index in [4.69, 9.17) is 0 Å². The Morgan fingerprint density at radius 2 is 2.11 bits per heavy atom. The number of nitrogens with one attached hydrogen (secondary N) is 2. The number of benzene rings is 1. The van der Waals surface area contributed by atoms with Crippen LogP contribution in [0, 0.1) is 19.8 Å². The molecule has 1 aliphatic rings. The van der Waals surface area contributed by atoms with Crippen LogP contribution in [-0.2, 0) is 0 Å². The lowest BCUT2D eigenvalue weighted by Crippen LogP contribution is -2.52. The van der Waals surface area contributed by atoms with Crippen LogP contribution in [0.25, 0.3) is 0 Å². The molecule has 4 heteroatoms. The van der Waals surface area contributed by atoms with Gasteiger partial charge in [0, 0.05) is 5.69 Å². The number of aliphatic hydroxyl groups excluding tert-OH is 1. The van der Waals surface area contributed by atoms with Crippen molar-refractivity contribution in [3.63, 3.8) is 0 Å². The molecule has 0 saturated heterocycles. The van der Waals surface area contributed by atoms with Crippen molar-refractivity contribution >= 4 is 11.7 Å². The molecule has 104 valence electrons. The number of hydrogen-bond donors (Lipinski definition) is 3. The minimum Gasteiger partial charge on any atom is -0.394 e. The summed E-state index contributed by atoms with van der Waals surface area (Å²) in [5, 5.41) is 15.2. The van der Waals surface area contributed by atoms with E-state index in [1.54, 1.807) is 0 Å². The molecular formula is C15H22N2O2. The smallest absolute Gasteiger partial charge is 0.319 e. The highest BCUT2D eigenvalue weighted by atomic mass is 16.3. The number of anilines is 1. The number of amides is 2. The summed E-state index contributed by atoms with van der Waals surface area (Å²) in [6.45, 7) is 5.86. The summed E-state index contributed by atoms with van der Waals surface area (Å²) in [5.41, 5.74) is 2.51. The minimum atomic E-state index is -0.512. The second-order valence-electron chi connectivity index (χ2n) is 5.68. The number of urea groups is 1. The molecule has 0 spiro atoms. The predicted molar refractivity (Wildman–Crippen MR) is 76.3 cm³/mol. The number of rotatable bonds is 4. The van der Waals surface area contributed by atoms with Gasteiger partial charge in [0.15, 0.2) is 0 Å². The fraction of sp³-hybridized carbons (Fsp3) is 0.533. The Morgan fingerprint density at radius 3 is 2.68 bits per heavy atom. The Balaban J connectivity index is 2.03. The molecule has 0 bridgehead atoms. The molecule has 2 amide bonds. The lowest BCUT2D eigenvalue weighted by molar-refractivity contribution is 0.159. The second kappa shape index (κ2) is 5.21. The quantitative estimate of drug-likeness (QED) is 0.781. The van der Waals surface area contributed by atoms with Crippen molar-refractivity contribution in [1.29, 1.82) is 0 Å². The van der Waals surface area contributed by atoms with Crippen LogP contribution in [0.5, 0.6) is 0 Å². The van der Waals surface area contributed by atoms with Gasteiger partial charge in [-0.2, -0.15) is 0 Å². The molecule has 3 N–H and O–H groups in total. The maximum absolute atomic E-state index is 12.0. The Kier molecular flexibility index (Phi) is 3.80. The van der Waals surface area contributed by atoms with Gasteiger partial charge in [-0.1, -0.05) is 12.1 Å². The van der Waals surface area contributed by atoms with Gasteiger partial charge in [0.05, 0.1) is 12.1 Å². The summed E-state index contributed by atoms with van der Waals surface area (Å²) in [7, 11) is 0. The summed E-state index contributed by atoms with van der Waals surface area (Å²) in [5.74, 6) is 0.391. The van der Waals surface area contributed by atoms with Crippen LogP contribution in [-0.4, -0.2) is 23.3 Å². The summed E-state index contributed by atoms with van der Waals surface area (Å²) in [6.07, 6.45) is 2.14. The molecule has 1 unspecified atom stereocenters. The standard InChI is InChI=1S/C15H22N2O2/c1-10-5-4-6-13(11(10)2)16-14(19)17-15(3,9-18)12-7-8-12/h4-6,12,18H,7-9H2,1-3H3,(H2,16,17,19). The molecule has 1 aliphatic carbocycles. The van der Waals surface area contributed by atoms with Gasteiger partial charge in [-0.15, -0.1) is 0 Å². The molecule has 4 nitrogen and oxygen atoms in total. The normalized spacial score (nSPS) is 17.7. The first-order chi connectivity index (χ1) is 8.96. The molecule has 1 atom stereocenters. The molecule has 1 aromatic carbocycles. The Bertz CT molecular complexity index is 483. The monoisotopic (exact) mass is 262 g/mol. The van der Waals surface area contributed by atoms with Crippen molar-refractivity contribution in [3.05, 3.63) is 29.3 Å². The van der Waals surface area contributed by atoms with Crippen LogP contribution < -0.4 is 10.6 Å². The van der Waals surface area contributed by atoms with Crippen molar-refractivity contribution in [2.45, 2.75) is 39.2 Å². The number of aliphatic hydroxyl groups is 1. The fourth-order valence-corrected chi connectivity index (χ4v) is 2.29. The Morgan fingerprint density at radius 1 is 1.42 bits per heavy atom. The van der Waals surface area contributed by atoms with E-state index in [1.807, 2.05) is 39.0 Å². The number of aryl methyl sites for hydroxylation is 1. The SMILES string of the molecule is Cc1cccc(NC(=O)NC(C)(CO)C2CC2)c1C. The van der Waals surface area contributed by atoms with Crippen LogP contribution in [0.2, 0.25) is 0 Å². The molecule has 2 rings (SSSR count). The van der Waals surface area contributed by atoms with Crippen molar-refractivity contribution in [3.8, 4) is 0 Å². The van der Waals surface area contributed by atoms with E-state index in [2.05, 4.69) is 10.6 Å². The molecule has 0 aromatic heterocycles. The fourth-order valence-electron chi connectivity index (χ4n) is 2.29. The average molecular weight is 262 g/mol. The van der Waals surface area contributed by atoms with Crippen LogP contribution in [0.4, 0.5) is 10.5 Å². The van der Waals surface area contributed by atoms with Gasteiger partial charge >= 0.3 is 6.03 Å². The Hall–Kier alpha value is -1.55. The zero-order valence-corrected chi connectivity index (χ0v) is 11.8. The van der Waals surface area contributed by atoms with E-state index in [0.717, 1.165) is 29.7 Å². The van der Waals surface area contributed by atoms with Gasteiger partial charge in [0.2, 0.25) is 0 Å². The molecule has 0 aliphatic heterocycles. The van der Waals surface area contributed by atoms with Gasteiger partial charge in [-0.05, 0) is 56.7 Å². The summed E-state index contributed by atoms with van der Waals surface area (Å²) < 4.78 is 0. The third kappa shape index (κ3) is 3.07.